The van der Waals surface area contributed by atoms with Gasteiger partial charge >= 0.3 is 0 Å². The van der Waals surface area contributed by atoms with Gasteiger partial charge in [-0.3, -0.25) is 0 Å². The molecule has 3 aromatic heterocycles. The Bertz CT molecular complexity index is 2820. The van der Waals surface area contributed by atoms with E-state index in [0.29, 0.717) is 17.5 Å². The van der Waals surface area contributed by atoms with Gasteiger partial charge in [0.1, 0.15) is 11.2 Å². The fourth-order valence-electron chi connectivity index (χ4n) is 6.76. The second-order valence-corrected chi connectivity index (χ2v) is 12.6. The van der Waals surface area contributed by atoms with Crippen LogP contribution in [0.4, 0.5) is 0 Å². The van der Waals surface area contributed by atoms with Gasteiger partial charge in [-0.15, -0.1) is 11.3 Å². The third-order valence-electron chi connectivity index (χ3n) is 8.91. The van der Waals surface area contributed by atoms with Crippen molar-refractivity contribution in [1.82, 2.24) is 15.0 Å². The van der Waals surface area contributed by atoms with E-state index in [-0.39, 0.29) is 0 Å². The molecule has 3 heterocycles. The van der Waals surface area contributed by atoms with Crippen molar-refractivity contribution in [2.45, 2.75) is 0 Å². The number of para-hydroxylation sites is 1. The molecule has 10 rings (SSSR count). The van der Waals surface area contributed by atoms with Crippen LogP contribution in [0.2, 0.25) is 0 Å². The highest BCUT2D eigenvalue weighted by atomic mass is 32.1. The first-order chi connectivity index (χ1) is 22.8. The lowest BCUT2D eigenvalue weighted by Crippen LogP contribution is -2.00. The van der Waals surface area contributed by atoms with Crippen molar-refractivity contribution in [1.29, 1.82) is 0 Å². The van der Waals surface area contributed by atoms with E-state index in [0.717, 1.165) is 38.6 Å². The van der Waals surface area contributed by atoms with Gasteiger partial charge in [-0.1, -0.05) is 109 Å². The number of aromatic nitrogens is 3. The number of furan rings is 1. The Balaban J connectivity index is 1.25. The van der Waals surface area contributed by atoms with Crippen LogP contribution in [0.15, 0.2) is 144 Å². The lowest BCUT2D eigenvalue weighted by molar-refractivity contribution is 0.669. The molecule has 0 N–H and O–H groups in total. The van der Waals surface area contributed by atoms with Crippen LogP contribution in [0.25, 0.3) is 97.8 Å². The molecule has 0 fully saturated rings. The molecular weight excluding hydrogens is 583 g/mol. The molecule has 0 amide bonds. The van der Waals surface area contributed by atoms with Gasteiger partial charge in [-0.25, -0.2) is 15.0 Å². The average Bonchev–Trinajstić information content (AvgIpc) is 3.70. The average molecular weight is 606 g/mol. The summed E-state index contributed by atoms with van der Waals surface area (Å²) >= 11 is 1.84. The van der Waals surface area contributed by atoms with Gasteiger partial charge in [0.15, 0.2) is 17.5 Å². The van der Waals surface area contributed by atoms with E-state index in [1.54, 1.807) is 0 Å². The van der Waals surface area contributed by atoms with Gasteiger partial charge in [0.25, 0.3) is 0 Å². The van der Waals surface area contributed by atoms with Crippen LogP contribution >= 0.6 is 11.3 Å². The predicted molar refractivity (Wildman–Crippen MR) is 191 cm³/mol. The Morgan fingerprint density at radius 2 is 1.15 bits per heavy atom. The first kappa shape index (κ1) is 25.4. The topological polar surface area (TPSA) is 51.8 Å². The Hall–Kier alpha value is -5.91. The molecule has 0 aliphatic heterocycles. The van der Waals surface area contributed by atoms with Crippen LogP contribution in [-0.4, -0.2) is 15.0 Å². The van der Waals surface area contributed by atoms with Crippen LogP contribution in [0, 0.1) is 0 Å². The fourth-order valence-corrected chi connectivity index (χ4v) is 8.06. The smallest absolute Gasteiger partial charge is 0.164 e. The van der Waals surface area contributed by atoms with Crippen LogP contribution in [-0.2, 0) is 0 Å². The molecule has 0 bridgehead atoms. The summed E-state index contributed by atoms with van der Waals surface area (Å²) in [6, 6.07) is 48.5. The monoisotopic (exact) mass is 605 g/mol. The summed E-state index contributed by atoms with van der Waals surface area (Å²) in [5.74, 6) is 1.93. The minimum Gasteiger partial charge on any atom is -0.456 e. The maximum absolute atomic E-state index is 6.11. The zero-order chi connectivity index (χ0) is 30.2. The summed E-state index contributed by atoms with van der Waals surface area (Å²) in [5, 5.41) is 9.57. The number of benzene rings is 7. The third kappa shape index (κ3) is 3.82. The van der Waals surface area contributed by atoms with E-state index in [9.17, 15) is 0 Å². The molecule has 0 unspecified atom stereocenters. The highest BCUT2D eigenvalue weighted by Crippen LogP contribution is 2.44. The molecule has 214 valence electrons. The SMILES string of the molecule is c1ccc(-c2nc(-c3ccc4oc5ccccc5c4c3)nc(-c3cccc4sc5c(ccc6ccc7ccccc7c65)c34)n2)cc1. The van der Waals surface area contributed by atoms with E-state index in [1.165, 1.54) is 41.7 Å². The predicted octanol–water partition coefficient (Wildman–Crippen LogP) is 11.4. The Morgan fingerprint density at radius 1 is 0.435 bits per heavy atom. The molecule has 10 aromatic rings. The number of nitrogens with zero attached hydrogens (tertiary/aromatic N) is 3. The Morgan fingerprint density at radius 3 is 2.07 bits per heavy atom. The van der Waals surface area contributed by atoms with Gasteiger partial charge in [0.05, 0.1) is 0 Å². The molecule has 0 aliphatic carbocycles. The molecule has 0 spiro atoms. The van der Waals surface area contributed by atoms with Crippen LogP contribution < -0.4 is 0 Å². The van der Waals surface area contributed by atoms with E-state index in [1.807, 2.05) is 72.0 Å². The van der Waals surface area contributed by atoms with Crippen molar-refractivity contribution < 1.29 is 4.42 Å². The molecule has 5 heteroatoms. The molecule has 4 nitrogen and oxygen atoms in total. The van der Waals surface area contributed by atoms with Crippen molar-refractivity contribution in [2.75, 3.05) is 0 Å². The number of thiophene rings is 1. The number of hydrogen-bond donors (Lipinski definition) is 0. The lowest BCUT2D eigenvalue weighted by atomic mass is 9.98. The second-order valence-electron chi connectivity index (χ2n) is 11.6. The zero-order valence-electron chi connectivity index (χ0n) is 24.4. The van der Waals surface area contributed by atoms with E-state index < -0.39 is 0 Å². The van der Waals surface area contributed by atoms with Crippen molar-refractivity contribution >= 4 is 75.0 Å². The van der Waals surface area contributed by atoms with E-state index in [2.05, 4.69) is 78.9 Å². The Labute approximate surface area is 267 Å². The van der Waals surface area contributed by atoms with Gasteiger partial charge < -0.3 is 4.42 Å². The van der Waals surface area contributed by atoms with Gasteiger partial charge in [0.2, 0.25) is 0 Å². The highest BCUT2D eigenvalue weighted by Gasteiger charge is 2.19. The third-order valence-corrected chi connectivity index (χ3v) is 10.1. The quantitative estimate of drug-likeness (QED) is 0.188. The largest absolute Gasteiger partial charge is 0.456 e. The van der Waals surface area contributed by atoms with Crippen molar-refractivity contribution in [3.63, 3.8) is 0 Å². The molecule has 0 aliphatic rings. The molecule has 0 atom stereocenters. The normalized spacial score (nSPS) is 11.9. The molecule has 0 saturated heterocycles. The maximum Gasteiger partial charge on any atom is 0.164 e. The number of hydrogen-bond acceptors (Lipinski definition) is 5. The lowest BCUT2D eigenvalue weighted by Gasteiger charge is -2.10. The molecule has 0 saturated carbocycles. The van der Waals surface area contributed by atoms with Crippen LogP contribution in [0.3, 0.4) is 0 Å². The van der Waals surface area contributed by atoms with Crippen molar-refractivity contribution in [3.05, 3.63) is 140 Å². The minimum atomic E-state index is 0.629. The van der Waals surface area contributed by atoms with Crippen LogP contribution in [0.5, 0.6) is 0 Å². The molecular formula is C41H23N3OS. The second kappa shape index (κ2) is 9.80. The fraction of sp³-hybridized carbons (Fsp3) is 0. The van der Waals surface area contributed by atoms with Gasteiger partial charge in [-0.05, 0) is 46.5 Å². The summed E-state index contributed by atoms with van der Waals surface area (Å²) < 4.78 is 8.61. The van der Waals surface area contributed by atoms with Gasteiger partial charge in [-0.2, -0.15) is 0 Å². The molecule has 0 radical (unpaired) electrons. The molecule has 46 heavy (non-hydrogen) atoms. The van der Waals surface area contributed by atoms with Crippen molar-refractivity contribution in [3.8, 4) is 34.2 Å². The maximum atomic E-state index is 6.11. The van der Waals surface area contributed by atoms with Crippen molar-refractivity contribution in [2.24, 2.45) is 0 Å². The summed E-state index contributed by atoms with van der Waals surface area (Å²) in [6.45, 7) is 0. The summed E-state index contributed by atoms with van der Waals surface area (Å²) in [7, 11) is 0. The summed E-state index contributed by atoms with van der Waals surface area (Å²) in [6.07, 6.45) is 0. The van der Waals surface area contributed by atoms with E-state index >= 15 is 0 Å². The van der Waals surface area contributed by atoms with E-state index in [4.69, 9.17) is 19.4 Å². The van der Waals surface area contributed by atoms with Crippen LogP contribution in [0.1, 0.15) is 0 Å². The molecule has 7 aromatic carbocycles. The number of rotatable bonds is 3. The Kier molecular flexibility index (Phi) is 5.41. The first-order valence-corrected chi connectivity index (χ1v) is 16.1. The summed E-state index contributed by atoms with van der Waals surface area (Å²) in [4.78, 5) is 15.3. The highest BCUT2D eigenvalue weighted by molar-refractivity contribution is 7.27. The minimum absolute atomic E-state index is 0.629. The standard InChI is InChI=1S/C41H23N3OS/c1-2-10-26(11-3-1)39-42-40(27-20-22-34-32(23-27)29-13-6-7-15-33(29)45-34)44-41(43-39)31-14-8-16-35-37(31)30-21-19-25-18-17-24-9-4-5-12-28(24)36(25)38(30)46-35/h1-23H. The summed E-state index contributed by atoms with van der Waals surface area (Å²) in [5.41, 5.74) is 4.57. The van der Waals surface area contributed by atoms with Gasteiger partial charge in [0, 0.05) is 53.0 Å². The first-order valence-electron chi connectivity index (χ1n) is 15.3. The zero-order valence-corrected chi connectivity index (χ0v) is 25.3. The number of fused-ring (bicyclic) bond motifs is 10.